The number of hydrogen-bond donors (Lipinski definition) is 0. The maximum Gasteiger partial charge on any atom is 0.137 e. The Morgan fingerprint density at radius 1 is 1.03 bits per heavy atom. The van der Waals surface area contributed by atoms with Gasteiger partial charge in [-0.15, -0.1) is 0 Å². The number of ether oxygens (including phenoxy) is 1. The van der Waals surface area contributed by atoms with Crippen LogP contribution in [0.1, 0.15) is 23.6 Å². The molecule has 0 aliphatic heterocycles. The van der Waals surface area contributed by atoms with E-state index in [1.165, 1.54) is 30.9 Å². The van der Waals surface area contributed by atoms with Gasteiger partial charge in [-0.2, -0.15) is 5.10 Å². The van der Waals surface area contributed by atoms with Crippen LogP contribution < -0.4 is 4.74 Å². The fraction of sp³-hybridized carbons (Fsp3) is 0.143. The molecule has 7 heteroatoms. The van der Waals surface area contributed by atoms with Gasteiger partial charge < -0.3 is 4.74 Å². The van der Waals surface area contributed by atoms with Crippen molar-refractivity contribution < 1.29 is 17.9 Å². The Bertz CT molecular complexity index is 1330. The van der Waals surface area contributed by atoms with E-state index in [0.29, 0.717) is 22.4 Å². The average molecular weight is 476 g/mol. The van der Waals surface area contributed by atoms with E-state index >= 15 is 0 Å². The summed E-state index contributed by atoms with van der Waals surface area (Å²) in [7, 11) is 0. The summed E-state index contributed by atoms with van der Waals surface area (Å²) in [6.45, 7) is 6.27. The minimum Gasteiger partial charge on any atom is -0.493 e. The summed E-state index contributed by atoms with van der Waals surface area (Å²) in [4.78, 5) is 3.94. The van der Waals surface area contributed by atoms with Crippen molar-refractivity contribution in [3.63, 3.8) is 0 Å². The first kappa shape index (κ1) is 24.0. The Morgan fingerprint density at radius 3 is 2.49 bits per heavy atom. The molecule has 0 spiro atoms. The molecule has 1 unspecified atom stereocenters. The SMILES string of the molecule is C=C(/C=C/c1ccccc1F)c1ccc(OCC(C)(Cn2cncn2)c2ccc(F)cc2F)cc1. The summed E-state index contributed by atoms with van der Waals surface area (Å²) in [5.41, 5.74) is 1.51. The second-order valence-electron chi connectivity index (χ2n) is 8.47. The summed E-state index contributed by atoms with van der Waals surface area (Å²) >= 11 is 0. The molecule has 4 aromatic rings. The van der Waals surface area contributed by atoms with Gasteiger partial charge in [0.15, 0.2) is 0 Å². The molecule has 0 N–H and O–H groups in total. The lowest BCUT2D eigenvalue weighted by molar-refractivity contribution is 0.199. The molecule has 0 aliphatic carbocycles. The fourth-order valence-electron chi connectivity index (χ4n) is 3.76. The topological polar surface area (TPSA) is 39.9 Å². The molecule has 0 fully saturated rings. The minimum atomic E-state index is -0.851. The van der Waals surface area contributed by atoms with Crippen molar-refractivity contribution in [1.82, 2.24) is 14.8 Å². The number of nitrogens with zero attached hydrogens (tertiary/aromatic N) is 3. The molecule has 178 valence electrons. The van der Waals surface area contributed by atoms with E-state index in [4.69, 9.17) is 4.74 Å². The normalized spacial score (nSPS) is 13.0. The van der Waals surface area contributed by atoms with Gasteiger partial charge in [-0.1, -0.05) is 62.1 Å². The number of benzene rings is 3. The zero-order chi connectivity index (χ0) is 24.8. The highest BCUT2D eigenvalue weighted by atomic mass is 19.1. The maximum atomic E-state index is 14.7. The number of hydrogen-bond acceptors (Lipinski definition) is 3. The largest absolute Gasteiger partial charge is 0.493 e. The lowest BCUT2D eigenvalue weighted by Crippen LogP contribution is -2.36. The molecule has 0 bridgehead atoms. The van der Waals surface area contributed by atoms with Gasteiger partial charge in [0.2, 0.25) is 0 Å². The van der Waals surface area contributed by atoms with Gasteiger partial charge in [-0.05, 0) is 41.0 Å². The zero-order valence-corrected chi connectivity index (χ0v) is 19.2. The smallest absolute Gasteiger partial charge is 0.137 e. The predicted octanol–water partition coefficient (Wildman–Crippen LogP) is 6.46. The predicted molar refractivity (Wildman–Crippen MR) is 130 cm³/mol. The van der Waals surface area contributed by atoms with Crippen LogP contribution in [-0.2, 0) is 12.0 Å². The van der Waals surface area contributed by atoms with Gasteiger partial charge in [0.25, 0.3) is 0 Å². The van der Waals surface area contributed by atoms with Gasteiger partial charge in [0.05, 0.1) is 13.2 Å². The molecule has 1 heterocycles. The molecule has 0 saturated carbocycles. The van der Waals surface area contributed by atoms with Crippen LogP contribution >= 0.6 is 0 Å². The van der Waals surface area contributed by atoms with E-state index in [-0.39, 0.29) is 19.0 Å². The number of rotatable bonds is 9. The van der Waals surface area contributed by atoms with Crippen molar-refractivity contribution in [2.24, 2.45) is 0 Å². The Morgan fingerprint density at radius 2 is 1.80 bits per heavy atom. The summed E-state index contributed by atoms with van der Waals surface area (Å²) in [6.07, 6.45) is 6.36. The van der Waals surface area contributed by atoms with Gasteiger partial charge in [-0.25, -0.2) is 18.2 Å². The fourth-order valence-corrected chi connectivity index (χ4v) is 3.76. The Kier molecular flexibility index (Phi) is 7.15. The molecule has 1 aromatic heterocycles. The van der Waals surface area contributed by atoms with Crippen molar-refractivity contribution in [3.8, 4) is 5.75 Å². The zero-order valence-electron chi connectivity index (χ0n) is 19.2. The van der Waals surface area contributed by atoms with Crippen molar-refractivity contribution in [3.05, 3.63) is 126 Å². The third-order valence-electron chi connectivity index (χ3n) is 5.71. The summed E-state index contributed by atoms with van der Waals surface area (Å²) in [5, 5.41) is 4.12. The monoisotopic (exact) mass is 475 g/mol. The van der Waals surface area contributed by atoms with Gasteiger partial charge in [0.1, 0.15) is 35.9 Å². The molecule has 0 aliphatic rings. The molecule has 3 aromatic carbocycles. The summed E-state index contributed by atoms with van der Waals surface area (Å²) in [5.74, 6) is -1.02. The van der Waals surface area contributed by atoms with Crippen LogP contribution in [0.25, 0.3) is 11.6 Å². The quantitative estimate of drug-likeness (QED) is 0.261. The van der Waals surface area contributed by atoms with Crippen LogP contribution in [0.2, 0.25) is 0 Å². The highest BCUT2D eigenvalue weighted by molar-refractivity contribution is 5.77. The molecular formula is C28H24F3N3O. The van der Waals surface area contributed by atoms with E-state index in [9.17, 15) is 13.2 Å². The Hall–Kier alpha value is -4.13. The van der Waals surface area contributed by atoms with E-state index < -0.39 is 17.0 Å². The van der Waals surface area contributed by atoms with Gasteiger partial charge >= 0.3 is 0 Å². The van der Waals surface area contributed by atoms with Crippen LogP contribution in [0.3, 0.4) is 0 Å². The number of halogens is 3. The molecule has 0 saturated heterocycles. The Labute approximate surface area is 202 Å². The molecular weight excluding hydrogens is 451 g/mol. The van der Waals surface area contributed by atoms with Crippen molar-refractivity contribution in [1.29, 1.82) is 0 Å². The van der Waals surface area contributed by atoms with Crippen LogP contribution in [-0.4, -0.2) is 21.4 Å². The third-order valence-corrected chi connectivity index (χ3v) is 5.71. The van der Waals surface area contributed by atoms with Crippen LogP contribution in [0.15, 0.2) is 92.0 Å². The summed E-state index contributed by atoms with van der Waals surface area (Å²) < 4.78 is 49.6. The Balaban J connectivity index is 1.48. The van der Waals surface area contributed by atoms with E-state index in [1.54, 1.807) is 47.2 Å². The lowest BCUT2D eigenvalue weighted by Gasteiger charge is -2.30. The van der Waals surface area contributed by atoms with Gasteiger partial charge in [0, 0.05) is 17.0 Å². The van der Waals surface area contributed by atoms with Crippen LogP contribution in [0, 0.1) is 17.5 Å². The summed E-state index contributed by atoms with van der Waals surface area (Å²) in [6, 6.07) is 17.3. The van der Waals surface area contributed by atoms with Gasteiger partial charge in [-0.3, -0.25) is 4.68 Å². The highest BCUT2D eigenvalue weighted by Gasteiger charge is 2.32. The second-order valence-corrected chi connectivity index (χ2v) is 8.47. The lowest BCUT2D eigenvalue weighted by atomic mass is 9.82. The van der Waals surface area contributed by atoms with Crippen LogP contribution in [0.4, 0.5) is 13.2 Å². The first-order valence-corrected chi connectivity index (χ1v) is 11.0. The van der Waals surface area contributed by atoms with E-state index in [2.05, 4.69) is 16.7 Å². The minimum absolute atomic E-state index is 0.114. The average Bonchev–Trinajstić information content (AvgIpc) is 3.35. The van der Waals surface area contributed by atoms with Crippen molar-refractivity contribution in [2.75, 3.05) is 6.61 Å². The standard InChI is InChI=1S/C28H24F3N3O/c1-20(7-8-22-5-3-4-6-26(22)30)21-9-12-24(13-10-21)35-17-28(2,16-34-19-32-18-33-34)25-14-11-23(29)15-27(25)31/h3-15,18-19H,1,16-17H2,2H3/b8-7+. The molecule has 4 nitrogen and oxygen atoms in total. The van der Waals surface area contributed by atoms with Crippen molar-refractivity contribution >= 4 is 11.6 Å². The highest BCUT2D eigenvalue weighted by Crippen LogP contribution is 2.30. The first-order valence-electron chi connectivity index (χ1n) is 11.0. The number of allylic oxidation sites excluding steroid dienone is 2. The third kappa shape index (κ3) is 5.87. The first-order chi connectivity index (χ1) is 16.8. The van der Waals surface area contributed by atoms with Crippen LogP contribution in [0.5, 0.6) is 5.75 Å². The molecule has 1 atom stereocenters. The van der Waals surface area contributed by atoms with E-state index in [1.807, 2.05) is 19.1 Å². The maximum absolute atomic E-state index is 14.7. The molecule has 0 radical (unpaired) electrons. The molecule has 35 heavy (non-hydrogen) atoms. The second kappa shape index (κ2) is 10.4. The van der Waals surface area contributed by atoms with Crippen molar-refractivity contribution in [2.45, 2.75) is 18.9 Å². The molecule has 4 rings (SSSR count). The number of aromatic nitrogens is 3. The van der Waals surface area contributed by atoms with E-state index in [0.717, 1.165) is 11.6 Å². The molecule has 0 amide bonds.